The Balaban J connectivity index is 1.99. The highest BCUT2D eigenvalue weighted by molar-refractivity contribution is 5.26. The highest BCUT2D eigenvalue weighted by Gasteiger charge is 2.28. The summed E-state index contributed by atoms with van der Waals surface area (Å²) >= 11 is 0. The van der Waals surface area contributed by atoms with Crippen LogP contribution in [0.25, 0.3) is 0 Å². The summed E-state index contributed by atoms with van der Waals surface area (Å²) in [7, 11) is 2.05. The van der Waals surface area contributed by atoms with Gasteiger partial charge < -0.3 is 5.32 Å². The Bertz CT molecular complexity index is 270. The predicted molar refractivity (Wildman–Crippen MR) is 56.0 cm³/mol. The Morgan fingerprint density at radius 3 is 2.31 bits per heavy atom. The minimum Gasteiger partial charge on any atom is -0.317 e. The van der Waals surface area contributed by atoms with Crippen LogP contribution >= 0.6 is 0 Å². The van der Waals surface area contributed by atoms with Gasteiger partial charge in [-0.3, -0.25) is 0 Å². The Morgan fingerprint density at radius 1 is 1.15 bits per heavy atom. The van der Waals surface area contributed by atoms with Crippen molar-refractivity contribution in [2.24, 2.45) is 0 Å². The van der Waals surface area contributed by atoms with Crippen molar-refractivity contribution >= 4 is 0 Å². The molecule has 0 amide bonds. The van der Waals surface area contributed by atoms with E-state index in [1.165, 1.54) is 24.0 Å². The van der Waals surface area contributed by atoms with Crippen molar-refractivity contribution in [1.29, 1.82) is 0 Å². The Hall–Kier alpha value is -0.820. The fraction of sp³-hybridized carbons (Fsp3) is 0.500. The molecule has 0 aliphatic heterocycles. The van der Waals surface area contributed by atoms with Gasteiger partial charge in [-0.1, -0.05) is 29.8 Å². The molecule has 70 valence electrons. The molecule has 1 aromatic rings. The summed E-state index contributed by atoms with van der Waals surface area (Å²) in [6.07, 6.45) is 2.61. The number of rotatable bonds is 2. The first-order valence-electron chi connectivity index (χ1n) is 5.03. The van der Waals surface area contributed by atoms with Gasteiger partial charge in [0.05, 0.1) is 0 Å². The summed E-state index contributed by atoms with van der Waals surface area (Å²) in [6, 6.07) is 9.72. The molecule has 0 atom stereocenters. The zero-order valence-corrected chi connectivity index (χ0v) is 8.38. The molecule has 0 saturated heterocycles. The lowest BCUT2D eigenvalue weighted by Crippen LogP contribution is -2.37. The van der Waals surface area contributed by atoms with Crippen LogP contribution in [0, 0.1) is 6.92 Å². The Labute approximate surface area is 80.2 Å². The van der Waals surface area contributed by atoms with E-state index in [0.717, 1.165) is 12.0 Å². The van der Waals surface area contributed by atoms with Crippen molar-refractivity contribution in [3.63, 3.8) is 0 Å². The van der Waals surface area contributed by atoms with Crippen LogP contribution in [-0.2, 0) is 0 Å². The van der Waals surface area contributed by atoms with Crippen molar-refractivity contribution in [3.8, 4) is 0 Å². The molecule has 1 nitrogen and oxygen atoms in total. The first-order valence-corrected chi connectivity index (χ1v) is 5.03. The van der Waals surface area contributed by atoms with Gasteiger partial charge in [-0.2, -0.15) is 0 Å². The fourth-order valence-electron chi connectivity index (χ4n) is 1.96. The standard InChI is InChI=1S/C12H17N/c1-9-3-5-10(6-4-9)11-7-12(8-11)13-2/h3-6,11-13H,7-8H2,1-2H3. The zero-order valence-electron chi connectivity index (χ0n) is 8.38. The number of hydrogen-bond donors (Lipinski definition) is 1. The minimum absolute atomic E-state index is 0.756. The monoisotopic (exact) mass is 175 g/mol. The van der Waals surface area contributed by atoms with Crippen molar-refractivity contribution < 1.29 is 0 Å². The van der Waals surface area contributed by atoms with Crippen LogP contribution in [-0.4, -0.2) is 13.1 Å². The van der Waals surface area contributed by atoms with Gasteiger partial charge >= 0.3 is 0 Å². The molecule has 0 unspecified atom stereocenters. The van der Waals surface area contributed by atoms with Gasteiger partial charge in [0.1, 0.15) is 0 Å². The smallest absolute Gasteiger partial charge is 0.00757 e. The number of hydrogen-bond acceptors (Lipinski definition) is 1. The normalized spacial score (nSPS) is 26.9. The molecule has 0 bridgehead atoms. The van der Waals surface area contributed by atoms with Gasteiger partial charge in [0.15, 0.2) is 0 Å². The topological polar surface area (TPSA) is 12.0 Å². The van der Waals surface area contributed by atoms with Crippen LogP contribution in [0.3, 0.4) is 0 Å². The highest BCUT2D eigenvalue weighted by atomic mass is 14.9. The molecular weight excluding hydrogens is 158 g/mol. The van der Waals surface area contributed by atoms with E-state index in [1.807, 2.05) is 0 Å². The summed E-state index contributed by atoms with van der Waals surface area (Å²) < 4.78 is 0. The molecule has 0 aromatic heterocycles. The van der Waals surface area contributed by atoms with Gasteiger partial charge in [0, 0.05) is 6.04 Å². The highest BCUT2D eigenvalue weighted by Crippen LogP contribution is 2.36. The van der Waals surface area contributed by atoms with Crippen molar-refractivity contribution in [1.82, 2.24) is 5.32 Å². The van der Waals surface area contributed by atoms with Crippen molar-refractivity contribution in [2.45, 2.75) is 31.7 Å². The molecule has 1 fully saturated rings. The summed E-state index contributed by atoms with van der Waals surface area (Å²) in [4.78, 5) is 0. The summed E-state index contributed by atoms with van der Waals surface area (Å²) in [5, 5.41) is 3.31. The molecule has 0 radical (unpaired) electrons. The molecule has 0 spiro atoms. The van der Waals surface area contributed by atoms with E-state index in [1.54, 1.807) is 0 Å². The van der Waals surface area contributed by atoms with E-state index >= 15 is 0 Å². The molecule has 2 rings (SSSR count). The molecule has 13 heavy (non-hydrogen) atoms. The van der Waals surface area contributed by atoms with Crippen LogP contribution in [0.5, 0.6) is 0 Å². The third-order valence-electron chi connectivity index (χ3n) is 3.10. The molecule has 1 N–H and O–H groups in total. The lowest BCUT2D eigenvalue weighted by atomic mass is 9.76. The zero-order chi connectivity index (χ0) is 9.26. The fourth-order valence-corrected chi connectivity index (χ4v) is 1.96. The minimum atomic E-state index is 0.756. The molecule has 1 aromatic carbocycles. The number of aryl methyl sites for hydroxylation is 1. The van der Waals surface area contributed by atoms with Gasteiger partial charge in [-0.05, 0) is 38.3 Å². The van der Waals surface area contributed by atoms with Crippen molar-refractivity contribution in [2.75, 3.05) is 7.05 Å². The van der Waals surface area contributed by atoms with E-state index in [-0.39, 0.29) is 0 Å². The van der Waals surface area contributed by atoms with Crippen LogP contribution in [0.2, 0.25) is 0 Å². The molecule has 1 saturated carbocycles. The average Bonchev–Trinajstić information content (AvgIpc) is 2.06. The largest absolute Gasteiger partial charge is 0.317 e. The maximum absolute atomic E-state index is 3.31. The Morgan fingerprint density at radius 2 is 1.77 bits per heavy atom. The molecule has 0 heterocycles. The number of nitrogens with one attached hydrogen (secondary N) is 1. The van der Waals surface area contributed by atoms with Crippen molar-refractivity contribution in [3.05, 3.63) is 35.4 Å². The lowest BCUT2D eigenvalue weighted by molar-refractivity contribution is 0.307. The second kappa shape index (κ2) is 3.51. The summed E-state index contributed by atoms with van der Waals surface area (Å²) in [5.74, 6) is 0.804. The van der Waals surface area contributed by atoms with E-state index in [2.05, 4.69) is 43.6 Å². The third kappa shape index (κ3) is 1.75. The maximum Gasteiger partial charge on any atom is 0.00757 e. The third-order valence-corrected chi connectivity index (χ3v) is 3.10. The van der Waals surface area contributed by atoms with Gasteiger partial charge in [0.25, 0.3) is 0 Å². The van der Waals surface area contributed by atoms with Gasteiger partial charge in [0.2, 0.25) is 0 Å². The van der Waals surface area contributed by atoms with Crippen LogP contribution < -0.4 is 5.32 Å². The lowest BCUT2D eigenvalue weighted by Gasteiger charge is -2.35. The van der Waals surface area contributed by atoms with Gasteiger partial charge in [-0.25, -0.2) is 0 Å². The summed E-state index contributed by atoms with van der Waals surface area (Å²) in [6.45, 7) is 2.14. The second-order valence-electron chi connectivity index (χ2n) is 4.06. The van der Waals surface area contributed by atoms with Gasteiger partial charge in [-0.15, -0.1) is 0 Å². The first-order chi connectivity index (χ1) is 6.29. The van der Waals surface area contributed by atoms with E-state index in [0.29, 0.717) is 0 Å². The first kappa shape index (κ1) is 8.76. The quantitative estimate of drug-likeness (QED) is 0.728. The van der Waals surface area contributed by atoms with Crippen LogP contribution in [0.1, 0.15) is 29.9 Å². The van der Waals surface area contributed by atoms with E-state index in [4.69, 9.17) is 0 Å². The van der Waals surface area contributed by atoms with Crippen LogP contribution in [0.15, 0.2) is 24.3 Å². The SMILES string of the molecule is CNC1CC(c2ccc(C)cc2)C1. The molecular formula is C12H17N. The molecule has 1 aliphatic rings. The average molecular weight is 175 g/mol. The Kier molecular flexibility index (Phi) is 2.36. The maximum atomic E-state index is 3.31. The molecule has 1 aliphatic carbocycles. The molecule has 1 heteroatoms. The summed E-state index contributed by atoms with van der Waals surface area (Å²) in [5.41, 5.74) is 2.87. The van der Waals surface area contributed by atoms with E-state index in [9.17, 15) is 0 Å². The van der Waals surface area contributed by atoms with Crippen LogP contribution in [0.4, 0.5) is 0 Å². The van der Waals surface area contributed by atoms with E-state index < -0.39 is 0 Å². The predicted octanol–water partition coefficient (Wildman–Crippen LogP) is 2.46. The second-order valence-corrected chi connectivity index (χ2v) is 4.06. The number of benzene rings is 1.